The molecule has 0 bridgehead atoms. The van der Waals surface area contributed by atoms with Crippen LogP contribution in [0.2, 0.25) is 0 Å². The van der Waals surface area contributed by atoms with Crippen LogP contribution >= 0.6 is 0 Å². The first kappa shape index (κ1) is 6.16. The summed E-state index contributed by atoms with van der Waals surface area (Å²) in [5.41, 5.74) is 1.21. The molecule has 0 fully saturated rings. The van der Waals surface area contributed by atoms with Gasteiger partial charge < -0.3 is 0 Å². The summed E-state index contributed by atoms with van der Waals surface area (Å²) in [5, 5.41) is 7.31. The predicted octanol–water partition coefficient (Wildman–Crippen LogP) is 1.30. The summed E-state index contributed by atoms with van der Waals surface area (Å²) in [5.74, 6) is 0. The van der Waals surface area contributed by atoms with Crippen molar-refractivity contribution < 1.29 is 4.65 Å². The van der Waals surface area contributed by atoms with Crippen molar-refractivity contribution in [3.63, 3.8) is 0 Å². The molecule has 0 atom stereocenters. The van der Waals surface area contributed by atoms with Gasteiger partial charge in [0.2, 0.25) is 0 Å². The summed E-state index contributed by atoms with van der Waals surface area (Å²) in [6, 6.07) is 7.40. The zero-order valence-corrected chi connectivity index (χ0v) is 5.66. The van der Waals surface area contributed by atoms with Crippen LogP contribution in [0, 0.1) is 6.15 Å². The Labute approximate surface area is 62.8 Å². The molecule has 0 aliphatic heterocycles. The summed E-state index contributed by atoms with van der Waals surface area (Å²) in [4.78, 5) is 0. The third-order valence-electron chi connectivity index (χ3n) is 1.56. The van der Waals surface area contributed by atoms with Gasteiger partial charge in [0.05, 0.1) is 0 Å². The quantitative estimate of drug-likeness (QED) is 0.558. The third kappa shape index (κ3) is 0.835. The number of rotatable bonds is 0. The van der Waals surface area contributed by atoms with Crippen LogP contribution in [-0.4, -0.2) is 10.2 Å². The zero-order valence-electron chi connectivity index (χ0n) is 5.66. The molecule has 0 radical (unpaired) electrons. The molecule has 1 heterocycles. The number of H-pyrrole nitrogens is 1. The summed E-state index contributed by atoms with van der Waals surface area (Å²) in [6.45, 7) is 0. The van der Waals surface area contributed by atoms with Gasteiger partial charge in [0, 0.05) is 0 Å². The third-order valence-corrected chi connectivity index (χ3v) is 1.56. The van der Waals surface area contributed by atoms with Crippen molar-refractivity contribution in [3.05, 3.63) is 30.0 Å². The molecule has 0 spiro atoms. The topological polar surface area (TPSA) is 48.6 Å². The maximum atomic E-state index is 10.3. The van der Waals surface area contributed by atoms with Crippen molar-refractivity contribution in [2.24, 2.45) is 0 Å². The number of aromatic amines is 1. The number of aromatic nitrogens is 2. The number of benzene rings is 1. The van der Waals surface area contributed by atoms with E-state index in [1.54, 1.807) is 6.15 Å². The molecule has 1 N–H and O–H groups in total. The molecule has 0 aliphatic rings. The minimum atomic E-state index is 0.417. The molecule has 1 aromatic heterocycles. The summed E-state index contributed by atoms with van der Waals surface area (Å²) >= 11 is 0. The van der Waals surface area contributed by atoms with Gasteiger partial charge in [-0.1, -0.05) is 0 Å². The monoisotopic (exact) mass is 145 g/mol. The molecular weight excluding hydrogens is 140 g/mol. The fourth-order valence-electron chi connectivity index (χ4n) is 1.04. The SMILES string of the molecule is [O+]#Cc1[nH]nc2ccccc12. The second kappa shape index (κ2) is 2.23. The van der Waals surface area contributed by atoms with E-state index < -0.39 is 0 Å². The van der Waals surface area contributed by atoms with Crippen LogP contribution in [0.25, 0.3) is 10.9 Å². The number of hydrogen-bond acceptors (Lipinski definition) is 1. The van der Waals surface area contributed by atoms with Crippen LogP contribution in [0.3, 0.4) is 0 Å². The van der Waals surface area contributed by atoms with E-state index >= 15 is 0 Å². The van der Waals surface area contributed by atoms with Crippen molar-refractivity contribution in [1.82, 2.24) is 10.2 Å². The number of nitrogens with one attached hydrogen (secondary N) is 1. The van der Waals surface area contributed by atoms with E-state index in [9.17, 15) is 4.65 Å². The van der Waals surface area contributed by atoms with Gasteiger partial charge in [-0.3, -0.25) is 0 Å². The molecule has 52 valence electrons. The Balaban J connectivity index is 2.89. The van der Waals surface area contributed by atoms with Crippen LogP contribution in [0.4, 0.5) is 0 Å². The van der Waals surface area contributed by atoms with Crippen LogP contribution < -0.4 is 0 Å². The molecule has 1 aromatic carbocycles. The Hall–Kier alpha value is -1.57. The Bertz CT molecular complexity index is 425. The molecule has 2 rings (SSSR count). The molecule has 11 heavy (non-hydrogen) atoms. The van der Waals surface area contributed by atoms with E-state index in [0.29, 0.717) is 5.69 Å². The van der Waals surface area contributed by atoms with E-state index in [0.717, 1.165) is 10.9 Å². The summed E-state index contributed by atoms with van der Waals surface area (Å²) < 4.78 is 10.3. The standard InChI is InChI=1S/C8H5N2O/c11-5-8-6-3-1-2-4-7(6)9-10-8/h1-4H,(H,9,10)/q+1. The molecule has 0 saturated carbocycles. The van der Waals surface area contributed by atoms with E-state index in [4.69, 9.17) is 0 Å². The predicted molar refractivity (Wildman–Crippen MR) is 39.8 cm³/mol. The van der Waals surface area contributed by atoms with E-state index in [-0.39, 0.29) is 0 Å². The fraction of sp³-hybridized carbons (Fsp3) is 0. The molecule has 3 heteroatoms. The van der Waals surface area contributed by atoms with E-state index in [2.05, 4.69) is 10.2 Å². The van der Waals surface area contributed by atoms with Gasteiger partial charge in [-0.15, -0.1) is 0 Å². The van der Waals surface area contributed by atoms with Gasteiger partial charge in [0.1, 0.15) is 0 Å². The van der Waals surface area contributed by atoms with Gasteiger partial charge in [0.15, 0.2) is 0 Å². The zero-order chi connectivity index (χ0) is 7.68. The second-order valence-corrected chi connectivity index (χ2v) is 2.22. The fourth-order valence-corrected chi connectivity index (χ4v) is 1.04. The van der Waals surface area contributed by atoms with Crippen molar-refractivity contribution >= 4 is 10.9 Å². The molecule has 0 amide bonds. The van der Waals surface area contributed by atoms with Gasteiger partial charge in [-0.25, -0.2) is 0 Å². The summed E-state index contributed by atoms with van der Waals surface area (Å²) in [7, 11) is 0. The van der Waals surface area contributed by atoms with Crippen molar-refractivity contribution in [1.29, 1.82) is 0 Å². The van der Waals surface area contributed by atoms with Crippen molar-refractivity contribution in [2.45, 2.75) is 0 Å². The molecule has 0 unspecified atom stereocenters. The van der Waals surface area contributed by atoms with Crippen molar-refractivity contribution in [3.8, 4) is 6.15 Å². The first-order chi connectivity index (χ1) is 5.42. The van der Waals surface area contributed by atoms with Gasteiger partial charge >= 0.3 is 61.9 Å². The Kier molecular flexibility index (Phi) is 1.25. The number of hydrogen-bond donors (Lipinski definition) is 1. The van der Waals surface area contributed by atoms with E-state index in [1.165, 1.54) is 0 Å². The number of para-hydroxylation sites is 1. The Morgan fingerprint density at radius 3 is 3.00 bits per heavy atom. The Morgan fingerprint density at radius 2 is 2.18 bits per heavy atom. The average molecular weight is 145 g/mol. The van der Waals surface area contributed by atoms with Gasteiger partial charge in [-0.2, -0.15) is 0 Å². The normalized spacial score (nSPS) is 9.73. The van der Waals surface area contributed by atoms with Crippen LogP contribution in [0.5, 0.6) is 0 Å². The second-order valence-electron chi connectivity index (χ2n) is 2.22. The van der Waals surface area contributed by atoms with E-state index in [1.807, 2.05) is 24.3 Å². The molecular formula is C8H5N2O+. The van der Waals surface area contributed by atoms with Crippen LogP contribution in [0.1, 0.15) is 5.69 Å². The van der Waals surface area contributed by atoms with Gasteiger partial charge in [-0.05, 0) is 0 Å². The van der Waals surface area contributed by atoms with Gasteiger partial charge in [0.25, 0.3) is 0 Å². The Morgan fingerprint density at radius 1 is 1.36 bits per heavy atom. The molecule has 2 aromatic rings. The average Bonchev–Trinajstić information content (AvgIpc) is 2.47. The number of nitrogens with zero attached hydrogens (tertiary/aromatic N) is 1. The van der Waals surface area contributed by atoms with Crippen LogP contribution in [-0.2, 0) is 4.65 Å². The van der Waals surface area contributed by atoms with Crippen LogP contribution in [0.15, 0.2) is 24.3 Å². The first-order valence-electron chi connectivity index (χ1n) is 3.23. The maximum absolute atomic E-state index is 10.3. The molecule has 3 nitrogen and oxygen atoms in total. The minimum absolute atomic E-state index is 0.417. The molecule has 0 aliphatic carbocycles. The number of fused-ring (bicyclic) bond motifs is 1. The first-order valence-corrected chi connectivity index (χ1v) is 3.23. The molecule has 0 saturated heterocycles. The summed E-state index contributed by atoms with van der Waals surface area (Å²) in [6.07, 6.45) is 1.78. The van der Waals surface area contributed by atoms with Crippen molar-refractivity contribution in [2.75, 3.05) is 0 Å².